The van der Waals surface area contributed by atoms with Gasteiger partial charge in [-0.15, -0.1) is 0 Å². The standard InChI is InChI=1S/C20H14F3N3O4S/c1-10(27)24-12-4-2-11(3-5-12)8-15-19(29)26(20(30)31-15)9-16(28)25-14-7-6-13(21)17(22)18(14)23/h2-8H,9H2,1H3,(H,24,27)(H,25,28)/b15-8-. The van der Waals surface area contributed by atoms with Crippen LogP contribution in [0, 0.1) is 17.5 Å². The molecule has 0 saturated carbocycles. The molecule has 2 N–H and O–H groups in total. The lowest BCUT2D eigenvalue weighted by atomic mass is 10.2. The SMILES string of the molecule is CC(=O)Nc1ccc(/C=C2\SC(=O)N(CC(=O)Nc3ccc(F)c(F)c3F)C2=O)cc1. The number of hydrogen-bond acceptors (Lipinski definition) is 5. The van der Waals surface area contributed by atoms with Gasteiger partial charge in [0, 0.05) is 12.6 Å². The fourth-order valence-electron chi connectivity index (χ4n) is 2.61. The molecule has 7 nitrogen and oxygen atoms in total. The van der Waals surface area contributed by atoms with E-state index in [1.165, 1.54) is 13.0 Å². The Morgan fingerprint density at radius 2 is 1.68 bits per heavy atom. The van der Waals surface area contributed by atoms with Crippen molar-refractivity contribution >= 4 is 52.2 Å². The van der Waals surface area contributed by atoms with Crippen molar-refractivity contribution in [3.05, 3.63) is 64.3 Å². The number of halogens is 3. The second kappa shape index (κ2) is 9.04. The van der Waals surface area contributed by atoms with E-state index in [1.807, 2.05) is 5.32 Å². The summed E-state index contributed by atoms with van der Waals surface area (Å²) in [6.45, 7) is 0.628. The Morgan fingerprint density at radius 1 is 1.00 bits per heavy atom. The van der Waals surface area contributed by atoms with Crippen molar-refractivity contribution in [1.29, 1.82) is 0 Å². The molecule has 31 heavy (non-hydrogen) atoms. The van der Waals surface area contributed by atoms with E-state index in [0.29, 0.717) is 34.0 Å². The van der Waals surface area contributed by atoms with Gasteiger partial charge in [-0.1, -0.05) is 12.1 Å². The maximum absolute atomic E-state index is 13.7. The van der Waals surface area contributed by atoms with Crippen molar-refractivity contribution in [3.63, 3.8) is 0 Å². The molecule has 0 spiro atoms. The van der Waals surface area contributed by atoms with Gasteiger partial charge in [0.2, 0.25) is 11.8 Å². The van der Waals surface area contributed by atoms with Crippen LogP contribution in [0.1, 0.15) is 12.5 Å². The third kappa shape index (κ3) is 5.12. The van der Waals surface area contributed by atoms with Gasteiger partial charge in [0.1, 0.15) is 6.54 Å². The van der Waals surface area contributed by atoms with Crippen LogP contribution in [0.5, 0.6) is 0 Å². The fourth-order valence-corrected chi connectivity index (χ4v) is 3.45. The smallest absolute Gasteiger partial charge is 0.294 e. The normalized spacial score (nSPS) is 14.8. The summed E-state index contributed by atoms with van der Waals surface area (Å²) >= 11 is 0.612. The zero-order chi connectivity index (χ0) is 22.7. The summed E-state index contributed by atoms with van der Waals surface area (Å²) < 4.78 is 39.9. The highest BCUT2D eigenvalue weighted by atomic mass is 32.2. The largest absolute Gasteiger partial charge is 0.326 e. The van der Waals surface area contributed by atoms with E-state index in [0.717, 1.165) is 6.07 Å². The van der Waals surface area contributed by atoms with Crippen LogP contribution in [-0.2, 0) is 14.4 Å². The van der Waals surface area contributed by atoms with E-state index < -0.39 is 46.7 Å². The minimum atomic E-state index is -1.75. The highest BCUT2D eigenvalue weighted by Gasteiger charge is 2.36. The Labute approximate surface area is 178 Å². The summed E-state index contributed by atoms with van der Waals surface area (Å²) in [6.07, 6.45) is 1.44. The Hall–Kier alpha value is -3.60. The summed E-state index contributed by atoms with van der Waals surface area (Å²) in [5, 5.41) is 3.88. The maximum Gasteiger partial charge on any atom is 0.294 e. The number of hydrogen-bond donors (Lipinski definition) is 2. The molecule has 0 bridgehead atoms. The van der Waals surface area contributed by atoms with Gasteiger partial charge in [-0.3, -0.25) is 24.1 Å². The number of imide groups is 1. The molecule has 1 aliphatic heterocycles. The number of nitrogens with zero attached hydrogens (tertiary/aromatic N) is 1. The zero-order valence-corrected chi connectivity index (χ0v) is 16.7. The quantitative estimate of drug-likeness (QED) is 0.536. The molecule has 0 unspecified atom stereocenters. The van der Waals surface area contributed by atoms with Crippen LogP contribution in [0.25, 0.3) is 6.08 Å². The molecule has 1 fully saturated rings. The average molecular weight is 449 g/mol. The molecular weight excluding hydrogens is 435 g/mol. The van der Waals surface area contributed by atoms with Crippen LogP contribution in [0.3, 0.4) is 0 Å². The molecule has 3 rings (SSSR count). The minimum absolute atomic E-state index is 0.0593. The van der Waals surface area contributed by atoms with Crippen LogP contribution in [0.4, 0.5) is 29.3 Å². The number of nitrogens with one attached hydrogen (secondary N) is 2. The third-order valence-electron chi connectivity index (χ3n) is 4.01. The number of thioether (sulfide) groups is 1. The highest BCUT2D eigenvalue weighted by Crippen LogP contribution is 2.32. The maximum atomic E-state index is 13.7. The molecular formula is C20H14F3N3O4S. The monoisotopic (exact) mass is 449 g/mol. The van der Waals surface area contributed by atoms with Crippen LogP contribution in [0.15, 0.2) is 41.3 Å². The van der Waals surface area contributed by atoms with Crippen molar-refractivity contribution in [2.45, 2.75) is 6.92 Å². The first-order chi connectivity index (χ1) is 14.7. The van der Waals surface area contributed by atoms with Crippen molar-refractivity contribution < 1.29 is 32.3 Å². The minimum Gasteiger partial charge on any atom is -0.326 e. The molecule has 160 valence electrons. The number of carbonyl (C=O) groups excluding carboxylic acids is 4. The molecule has 2 aromatic carbocycles. The molecule has 0 radical (unpaired) electrons. The van der Waals surface area contributed by atoms with Gasteiger partial charge in [0.05, 0.1) is 10.6 Å². The third-order valence-corrected chi connectivity index (χ3v) is 4.92. The van der Waals surface area contributed by atoms with Gasteiger partial charge in [0.25, 0.3) is 11.1 Å². The molecule has 0 aromatic heterocycles. The number of rotatable bonds is 5. The van der Waals surface area contributed by atoms with Gasteiger partial charge in [0.15, 0.2) is 17.5 Å². The topological polar surface area (TPSA) is 95.6 Å². The second-order valence-electron chi connectivity index (χ2n) is 6.34. The van der Waals surface area contributed by atoms with Crippen molar-refractivity contribution in [2.75, 3.05) is 17.2 Å². The zero-order valence-electron chi connectivity index (χ0n) is 15.9. The van der Waals surface area contributed by atoms with E-state index in [-0.39, 0.29) is 10.8 Å². The van der Waals surface area contributed by atoms with Crippen molar-refractivity contribution in [2.24, 2.45) is 0 Å². The Balaban J connectivity index is 1.68. The van der Waals surface area contributed by atoms with Gasteiger partial charge in [-0.05, 0) is 47.7 Å². The van der Waals surface area contributed by atoms with E-state index >= 15 is 0 Å². The summed E-state index contributed by atoms with van der Waals surface area (Å²) in [7, 11) is 0. The first-order valence-electron chi connectivity index (χ1n) is 8.72. The first-order valence-corrected chi connectivity index (χ1v) is 9.53. The van der Waals surface area contributed by atoms with Crippen LogP contribution < -0.4 is 10.6 Å². The highest BCUT2D eigenvalue weighted by molar-refractivity contribution is 8.18. The van der Waals surface area contributed by atoms with Crippen LogP contribution in [-0.4, -0.2) is 34.4 Å². The van der Waals surface area contributed by atoms with E-state index in [4.69, 9.17) is 0 Å². The van der Waals surface area contributed by atoms with Gasteiger partial charge < -0.3 is 10.6 Å². The van der Waals surface area contributed by atoms with E-state index in [2.05, 4.69) is 5.32 Å². The average Bonchev–Trinajstić information content (AvgIpc) is 2.97. The predicted molar refractivity (Wildman–Crippen MR) is 108 cm³/mol. The van der Waals surface area contributed by atoms with Crippen molar-refractivity contribution in [1.82, 2.24) is 4.90 Å². The Bertz CT molecular complexity index is 1120. The van der Waals surface area contributed by atoms with Gasteiger partial charge in [-0.25, -0.2) is 13.2 Å². The first kappa shape index (κ1) is 22.1. The predicted octanol–water partition coefficient (Wildman–Crippen LogP) is 3.74. The van der Waals surface area contributed by atoms with Crippen LogP contribution in [0.2, 0.25) is 0 Å². The molecule has 1 saturated heterocycles. The molecule has 0 atom stereocenters. The number of benzene rings is 2. The number of anilines is 2. The molecule has 4 amide bonds. The summed E-state index contributed by atoms with van der Waals surface area (Å²) in [5.41, 5.74) is 0.512. The molecule has 1 aliphatic rings. The van der Waals surface area contributed by atoms with Gasteiger partial charge >= 0.3 is 0 Å². The van der Waals surface area contributed by atoms with E-state index in [1.54, 1.807) is 24.3 Å². The van der Waals surface area contributed by atoms with Gasteiger partial charge in [-0.2, -0.15) is 0 Å². The molecule has 0 aliphatic carbocycles. The van der Waals surface area contributed by atoms with E-state index in [9.17, 15) is 32.3 Å². The molecule has 2 aromatic rings. The lowest BCUT2D eigenvalue weighted by molar-refractivity contribution is -0.127. The Kier molecular flexibility index (Phi) is 6.44. The second-order valence-corrected chi connectivity index (χ2v) is 7.34. The number of amides is 4. The van der Waals surface area contributed by atoms with Crippen LogP contribution >= 0.6 is 11.8 Å². The summed E-state index contributed by atoms with van der Waals surface area (Å²) in [4.78, 5) is 48.5. The lowest BCUT2D eigenvalue weighted by Crippen LogP contribution is -2.36. The molecule has 1 heterocycles. The lowest BCUT2D eigenvalue weighted by Gasteiger charge is -2.13. The van der Waals surface area contributed by atoms with Crippen molar-refractivity contribution in [3.8, 4) is 0 Å². The summed E-state index contributed by atoms with van der Waals surface area (Å²) in [6, 6.07) is 7.93. The molecule has 11 heteroatoms. The summed E-state index contributed by atoms with van der Waals surface area (Å²) in [5.74, 6) is -6.71. The fraction of sp³-hybridized carbons (Fsp3) is 0.100. The Morgan fingerprint density at radius 3 is 2.32 bits per heavy atom. The number of carbonyl (C=O) groups is 4.